The van der Waals surface area contributed by atoms with Gasteiger partial charge in [0.15, 0.2) is 0 Å². The predicted octanol–water partition coefficient (Wildman–Crippen LogP) is 0.650. The van der Waals surface area contributed by atoms with Gasteiger partial charge < -0.3 is 10.1 Å². The molecule has 1 rings (SSSR count). The third-order valence-electron chi connectivity index (χ3n) is 3.19. The van der Waals surface area contributed by atoms with Crippen molar-refractivity contribution in [1.82, 2.24) is 15.5 Å². The lowest BCUT2D eigenvalue weighted by Crippen LogP contribution is -2.49. The molecule has 1 atom stereocenters. The Morgan fingerprint density at radius 1 is 1.30 bits per heavy atom. The van der Waals surface area contributed by atoms with Gasteiger partial charge in [0.05, 0.1) is 19.1 Å². The van der Waals surface area contributed by atoms with Crippen LogP contribution in [0.4, 0.5) is 18.0 Å². The van der Waals surface area contributed by atoms with Gasteiger partial charge in [0.2, 0.25) is 5.91 Å². The molecule has 1 heterocycles. The Bertz CT molecular complexity index is 443. The van der Waals surface area contributed by atoms with Crippen molar-refractivity contribution in [3.05, 3.63) is 0 Å². The maximum absolute atomic E-state index is 11.9. The first-order valence-electron chi connectivity index (χ1n) is 7.24. The van der Waals surface area contributed by atoms with Gasteiger partial charge in [0.25, 0.3) is 0 Å². The zero-order chi connectivity index (χ0) is 17.5. The quantitative estimate of drug-likeness (QED) is 0.718. The summed E-state index contributed by atoms with van der Waals surface area (Å²) in [7, 11) is 0. The summed E-state index contributed by atoms with van der Waals surface area (Å²) >= 11 is 0. The number of nitrogens with zero attached hydrogens (tertiary/aromatic N) is 1. The van der Waals surface area contributed by atoms with Crippen LogP contribution in [0.1, 0.15) is 19.8 Å². The molecule has 0 aromatic rings. The standard InChI is InChI=1S/C13H20F3N3O4/c1-2-23-11(21)9-4-3-5-19(6-9)7-10(20)18-12(22)17-8-13(14,15)16/h9H,2-8H2,1H3,(H2,17,18,20,22)/t9-/m1/s1. The number of nitrogens with one attached hydrogen (secondary N) is 2. The number of amides is 3. The van der Waals surface area contributed by atoms with Crippen molar-refractivity contribution in [1.29, 1.82) is 0 Å². The Labute approximate surface area is 131 Å². The van der Waals surface area contributed by atoms with Crippen molar-refractivity contribution >= 4 is 17.9 Å². The molecule has 0 spiro atoms. The minimum atomic E-state index is -4.54. The van der Waals surface area contributed by atoms with E-state index in [2.05, 4.69) is 0 Å². The minimum absolute atomic E-state index is 0.171. The molecule has 1 fully saturated rings. The third-order valence-corrected chi connectivity index (χ3v) is 3.19. The molecule has 7 nitrogen and oxygen atoms in total. The number of esters is 1. The molecular formula is C13H20F3N3O4. The molecule has 3 amide bonds. The molecule has 0 saturated carbocycles. The van der Waals surface area contributed by atoms with Crippen LogP contribution in [0.25, 0.3) is 0 Å². The first-order chi connectivity index (χ1) is 10.7. The maximum Gasteiger partial charge on any atom is 0.405 e. The van der Waals surface area contributed by atoms with Crippen LogP contribution in [-0.2, 0) is 14.3 Å². The Morgan fingerprint density at radius 3 is 2.61 bits per heavy atom. The van der Waals surface area contributed by atoms with E-state index in [-0.39, 0.29) is 25.0 Å². The zero-order valence-electron chi connectivity index (χ0n) is 12.7. The van der Waals surface area contributed by atoms with Crippen LogP contribution >= 0.6 is 0 Å². The van der Waals surface area contributed by atoms with Gasteiger partial charge in [-0.3, -0.25) is 19.8 Å². The fourth-order valence-electron chi connectivity index (χ4n) is 2.25. The monoisotopic (exact) mass is 339 g/mol. The zero-order valence-corrected chi connectivity index (χ0v) is 12.7. The molecule has 0 aliphatic carbocycles. The highest BCUT2D eigenvalue weighted by Crippen LogP contribution is 2.17. The van der Waals surface area contributed by atoms with E-state index in [1.807, 2.05) is 5.32 Å². The van der Waals surface area contributed by atoms with Gasteiger partial charge in [0.1, 0.15) is 6.54 Å². The Kier molecular flexibility index (Phi) is 7.27. The number of piperidine rings is 1. The van der Waals surface area contributed by atoms with Crippen LogP contribution in [0, 0.1) is 5.92 Å². The summed E-state index contributed by atoms with van der Waals surface area (Å²) in [6.07, 6.45) is -3.19. The van der Waals surface area contributed by atoms with E-state index in [9.17, 15) is 27.6 Å². The van der Waals surface area contributed by atoms with Crippen LogP contribution < -0.4 is 10.6 Å². The number of carbonyl (C=O) groups is 3. The second-order valence-corrected chi connectivity index (χ2v) is 5.17. The summed E-state index contributed by atoms with van der Waals surface area (Å²) in [5.74, 6) is -1.40. The molecule has 1 aliphatic rings. The molecule has 0 unspecified atom stereocenters. The Balaban J connectivity index is 2.36. The van der Waals surface area contributed by atoms with E-state index >= 15 is 0 Å². The highest BCUT2D eigenvalue weighted by atomic mass is 19.4. The number of hydrogen-bond donors (Lipinski definition) is 2. The van der Waals surface area contributed by atoms with Crippen LogP contribution in [-0.4, -0.2) is 61.8 Å². The van der Waals surface area contributed by atoms with Crippen LogP contribution in [0.3, 0.4) is 0 Å². The van der Waals surface area contributed by atoms with E-state index in [4.69, 9.17) is 4.74 Å². The number of rotatable bonds is 5. The third kappa shape index (κ3) is 7.82. The van der Waals surface area contributed by atoms with E-state index in [1.54, 1.807) is 17.1 Å². The van der Waals surface area contributed by atoms with Gasteiger partial charge in [-0.25, -0.2) is 4.79 Å². The maximum atomic E-state index is 11.9. The molecular weight excluding hydrogens is 319 g/mol. The van der Waals surface area contributed by atoms with E-state index in [1.165, 1.54) is 0 Å². The highest BCUT2D eigenvalue weighted by Gasteiger charge is 2.29. The first kappa shape index (κ1) is 19.2. The summed E-state index contributed by atoms with van der Waals surface area (Å²) in [5.41, 5.74) is 0. The van der Waals surface area contributed by atoms with E-state index in [0.717, 1.165) is 0 Å². The average molecular weight is 339 g/mol. The lowest BCUT2D eigenvalue weighted by atomic mass is 9.98. The van der Waals surface area contributed by atoms with Crippen molar-refractivity contribution in [2.75, 3.05) is 32.8 Å². The average Bonchev–Trinajstić information content (AvgIpc) is 2.45. The van der Waals surface area contributed by atoms with Crippen LogP contribution in [0.2, 0.25) is 0 Å². The number of likely N-dealkylation sites (tertiary alicyclic amines) is 1. The van der Waals surface area contributed by atoms with Gasteiger partial charge in [-0.1, -0.05) is 0 Å². The Hall–Kier alpha value is -1.84. The number of imide groups is 1. The molecule has 10 heteroatoms. The predicted molar refractivity (Wildman–Crippen MR) is 73.4 cm³/mol. The van der Waals surface area contributed by atoms with Crippen molar-refractivity contribution in [2.24, 2.45) is 5.92 Å². The molecule has 2 N–H and O–H groups in total. The summed E-state index contributed by atoms with van der Waals surface area (Å²) in [5, 5.41) is 3.37. The summed E-state index contributed by atoms with van der Waals surface area (Å²) in [4.78, 5) is 36.1. The van der Waals surface area contributed by atoms with Crippen molar-refractivity contribution in [2.45, 2.75) is 25.9 Å². The molecule has 0 aromatic carbocycles. The Morgan fingerprint density at radius 2 is 2.00 bits per heavy atom. The topological polar surface area (TPSA) is 87.7 Å². The number of alkyl halides is 3. The second kappa shape index (κ2) is 8.70. The summed E-state index contributed by atoms with van der Waals surface area (Å²) in [6, 6.07) is -1.20. The SMILES string of the molecule is CCOC(=O)[C@@H]1CCCN(CC(=O)NC(=O)NCC(F)(F)F)C1. The number of hydrogen-bond acceptors (Lipinski definition) is 5. The minimum Gasteiger partial charge on any atom is -0.466 e. The molecule has 1 saturated heterocycles. The summed E-state index contributed by atoms with van der Waals surface area (Å²) < 4.78 is 40.7. The molecule has 0 radical (unpaired) electrons. The molecule has 1 aliphatic heterocycles. The normalized spacial score (nSPS) is 19.0. The molecule has 0 aromatic heterocycles. The number of urea groups is 1. The van der Waals surface area contributed by atoms with Gasteiger partial charge in [-0.05, 0) is 26.3 Å². The van der Waals surface area contributed by atoms with E-state index in [0.29, 0.717) is 25.9 Å². The smallest absolute Gasteiger partial charge is 0.405 e. The van der Waals surface area contributed by atoms with Gasteiger partial charge >= 0.3 is 18.2 Å². The van der Waals surface area contributed by atoms with E-state index < -0.39 is 24.7 Å². The number of carbonyl (C=O) groups excluding carboxylic acids is 3. The summed E-state index contributed by atoms with van der Waals surface area (Å²) in [6.45, 7) is 1.17. The fraction of sp³-hybridized carbons (Fsp3) is 0.769. The van der Waals surface area contributed by atoms with Crippen LogP contribution in [0.15, 0.2) is 0 Å². The van der Waals surface area contributed by atoms with Crippen molar-refractivity contribution < 1.29 is 32.3 Å². The second-order valence-electron chi connectivity index (χ2n) is 5.17. The number of ether oxygens (including phenoxy) is 1. The fourth-order valence-corrected chi connectivity index (χ4v) is 2.25. The lowest BCUT2D eigenvalue weighted by Gasteiger charge is -2.30. The van der Waals surface area contributed by atoms with Crippen molar-refractivity contribution in [3.8, 4) is 0 Å². The largest absolute Gasteiger partial charge is 0.466 e. The van der Waals surface area contributed by atoms with Gasteiger partial charge in [-0.2, -0.15) is 13.2 Å². The van der Waals surface area contributed by atoms with Gasteiger partial charge in [-0.15, -0.1) is 0 Å². The van der Waals surface area contributed by atoms with Gasteiger partial charge in [0, 0.05) is 6.54 Å². The van der Waals surface area contributed by atoms with Crippen molar-refractivity contribution in [3.63, 3.8) is 0 Å². The number of halogens is 3. The molecule has 132 valence electrons. The highest BCUT2D eigenvalue weighted by molar-refractivity contribution is 5.95. The van der Waals surface area contributed by atoms with Crippen LogP contribution in [0.5, 0.6) is 0 Å². The molecule has 23 heavy (non-hydrogen) atoms. The first-order valence-corrected chi connectivity index (χ1v) is 7.24. The molecule has 0 bridgehead atoms. The lowest BCUT2D eigenvalue weighted by molar-refractivity contribution is -0.150.